The minimum absolute atomic E-state index is 0.00899. The number of aromatic nitrogens is 1. The predicted molar refractivity (Wildman–Crippen MR) is 134 cm³/mol. The quantitative estimate of drug-likeness (QED) is 0.330. The molecule has 0 bridgehead atoms. The van der Waals surface area contributed by atoms with Gasteiger partial charge in [-0.05, 0) is 60.3 Å². The Bertz CT molecular complexity index is 1240. The number of carbonyl (C=O) groups excluding carboxylic acids is 3. The number of aryl methyl sites for hydroxylation is 1. The van der Waals surface area contributed by atoms with Gasteiger partial charge in [-0.3, -0.25) is 19.3 Å². The number of amides is 3. The highest BCUT2D eigenvalue weighted by atomic mass is 32.1. The Morgan fingerprint density at radius 3 is 2.46 bits per heavy atom. The van der Waals surface area contributed by atoms with Crippen LogP contribution >= 0.6 is 11.5 Å². The third-order valence-electron chi connectivity index (χ3n) is 5.53. The first kappa shape index (κ1) is 25.7. The summed E-state index contributed by atoms with van der Waals surface area (Å²) in [4.78, 5) is 40.5. The van der Waals surface area contributed by atoms with Gasteiger partial charge in [-0.1, -0.05) is 24.3 Å². The molecule has 0 radical (unpaired) electrons. The van der Waals surface area contributed by atoms with Crippen LogP contribution < -0.4 is 21.7 Å². The maximum atomic E-state index is 14.0. The summed E-state index contributed by atoms with van der Waals surface area (Å²) >= 11 is 0.735. The fourth-order valence-electron chi connectivity index (χ4n) is 3.55. The van der Waals surface area contributed by atoms with Gasteiger partial charge in [-0.15, -0.1) is 0 Å². The Balaban J connectivity index is 2.23. The van der Waals surface area contributed by atoms with Gasteiger partial charge in [0.15, 0.2) is 5.69 Å². The predicted octanol–water partition coefficient (Wildman–Crippen LogP) is 2.30. The minimum Gasteiger partial charge on any atom is -0.508 e. The van der Waals surface area contributed by atoms with Crippen LogP contribution in [-0.4, -0.2) is 47.5 Å². The summed E-state index contributed by atoms with van der Waals surface area (Å²) in [5, 5.41) is 12.6. The zero-order chi connectivity index (χ0) is 25.7. The molecule has 184 valence electrons. The fourth-order valence-corrected chi connectivity index (χ4v) is 4.29. The second-order valence-corrected chi connectivity index (χ2v) is 8.58. The van der Waals surface area contributed by atoms with E-state index in [1.807, 2.05) is 19.9 Å². The van der Waals surface area contributed by atoms with Gasteiger partial charge in [0.1, 0.15) is 16.7 Å². The average molecular weight is 498 g/mol. The molecular weight excluding hydrogens is 470 g/mol. The van der Waals surface area contributed by atoms with Crippen molar-refractivity contribution in [2.24, 2.45) is 5.73 Å². The number of rotatable bonds is 9. The Kier molecular flexibility index (Phi) is 8.05. The smallest absolute Gasteiger partial charge is 0.273 e. The van der Waals surface area contributed by atoms with Crippen LogP contribution in [0.1, 0.15) is 42.9 Å². The minimum atomic E-state index is -1.14. The molecule has 6 N–H and O–H groups in total. The number of hydrogen-bond donors (Lipinski definition) is 4. The van der Waals surface area contributed by atoms with Crippen LogP contribution in [-0.2, 0) is 9.53 Å². The van der Waals surface area contributed by atoms with E-state index in [4.69, 9.17) is 16.2 Å². The highest BCUT2D eigenvalue weighted by Gasteiger charge is 2.36. The first-order chi connectivity index (χ1) is 16.7. The van der Waals surface area contributed by atoms with Crippen molar-refractivity contribution >= 4 is 40.6 Å². The van der Waals surface area contributed by atoms with Gasteiger partial charge in [-0.25, -0.2) is 0 Å². The molecule has 10 nitrogen and oxygen atoms in total. The molecule has 0 spiro atoms. The first-order valence-corrected chi connectivity index (χ1v) is 11.4. The summed E-state index contributed by atoms with van der Waals surface area (Å²) in [6.07, 6.45) is 0. The monoisotopic (exact) mass is 497 g/mol. The molecule has 0 saturated heterocycles. The van der Waals surface area contributed by atoms with E-state index in [2.05, 4.69) is 9.69 Å². The van der Waals surface area contributed by atoms with E-state index in [0.29, 0.717) is 11.3 Å². The van der Waals surface area contributed by atoms with Crippen molar-refractivity contribution in [2.45, 2.75) is 19.9 Å². The van der Waals surface area contributed by atoms with Crippen LogP contribution in [0.5, 0.6) is 5.75 Å². The van der Waals surface area contributed by atoms with Gasteiger partial charge in [0.25, 0.3) is 11.8 Å². The molecular formula is C24H27N5O5S. The van der Waals surface area contributed by atoms with Crippen LogP contribution in [0.3, 0.4) is 0 Å². The van der Waals surface area contributed by atoms with E-state index >= 15 is 0 Å². The Hall–Kier alpha value is -3.96. The van der Waals surface area contributed by atoms with Crippen LogP contribution in [0.4, 0.5) is 11.4 Å². The number of benzene rings is 2. The molecule has 1 aromatic heterocycles. The van der Waals surface area contributed by atoms with E-state index in [1.54, 1.807) is 24.3 Å². The van der Waals surface area contributed by atoms with Crippen LogP contribution in [0.15, 0.2) is 42.5 Å². The zero-order valence-corrected chi connectivity index (χ0v) is 20.4. The number of phenolic OH excluding ortho intramolecular Hbond substituents is 1. The number of primary amides is 1. The molecule has 0 saturated carbocycles. The summed E-state index contributed by atoms with van der Waals surface area (Å²) < 4.78 is 8.98. The lowest BCUT2D eigenvalue weighted by Crippen LogP contribution is -2.45. The number of nitrogens with two attached hydrogens (primary N) is 2. The highest BCUT2D eigenvalue weighted by Crippen LogP contribution is 2.36. The van der Waals surface area contributed by atoms with Gasteiger partial charge >= 0.3 is 0 Å². The third-order valence-corrected chi connectivity index (χ3v) is 6.38. The van der Waals surface area contributed by atoms with Crippen LogP contribution in [0.2, 0.25) is 0 Å². The SMILES string of the molecule is COCCNC(=O)C(c1ccc(O)cc1)N(C(=O)c1snc(C(N)=O)c1N)c1cccc(C)c1C. The molecule has 1 unspecified atom stereocenters. The Labute approximate surface area is 206 Å². The molecule has 35 heavy (non-hydrogen) atoms. The summed E-state index contributed by atoms with van der Waals surface area (Å²) in [6, 6.07) is 10.2. The first-order valence-electron chi connectivity index (χ1n) is 10.7. The second kappa shape index (κ2) is 11.0. The lowest BCUT2D eigenvalue weighted by atomic mass is 9.99. The van der Waals surface area contributed by atoms with Gasteiger partial charge in [0, 0.05) is 19.3 Å². The van der Waals surface area contributed by atoms with Gasteiger partial charge in [0.05, 0.1) is 12.3 Å². The van der Waals surface area contributed by atoms with E-state index in [-0.39, 0.29) is 35.2 Å². The number of ether oxygens (including phenoxy) is 1. The average Bonchev–Trinajstić information content (AvgIpc) is 3.21. The molecule has 0 aliphatic heterocycles. The van der Waals surface area contributed by atoms with E-state index in [0.717, 1.165) is 22.7 Å². The van der Waals surface area contributed by atoms with Crippen molar-refractivity contribution in [3.8, 4) is 5.75 Å². The topological polar surface area (TPSA) is 161 Å². The summed E-state index contributed by atoms with van der Waals surface area (Å²) in [5.74, 6) is -1.94. The van der Waals surface area contributed by atoms with Crippen LogP contribution in [0.25, 0.3) is 0 Å². The molecule has 0 aliphatic carbocycles. The van der Waals surface area contributed by atoms with Crippen molar-refractivity contribution in [2.75, 3.05) is 30.9 Å². The number of anilines is 2. The van der Waals surface area contributed by atoms with Crippen LogP contribution in [0, 0.1) is 13.8 Å². The van der Waals surface area contributed by atoms with Crippen molar-refractivity contribution in [3.05, 3.63) is 69.7 Å². The number of nitrogen functional groups attached to an aromatic ring is 1. The molecule has 1 heterocycles. The summed E-state index contributed by atoms with van der Waals surface area (Å²) in [7, 11) is 1.51. The van der Waals surface area contributed by atoms with Crippen molar-refractivity contribution in [3.63, 3.8) is 0 Å². The largest absolute Gasteiger partial charge is 0.508 e. The number of methoxy groups -OCH3 is 1. The maximum absolute atomic E-state index is 14.0. The number of carbonyl (C=O) groups is 3. The molecule has 3 amide bonds. The molecule has 0 fully saturated rings. The Morgan fingerprint density at radius 1 is 1.17 bits per heavy atom. The van der Waals surface area contributed by atoms with E-state index in [9.17, 15) is 19.5 Å². The number of aromatic hydroxyl groups is 1. The third kappa shape index (κ3) is 5.42. The molecule has 2 aromatic carbocycles. The van der Waals surface area contributed by atoms with Crippen molar-refractivity contribution in [1.82, 2.24) is 9.69 Å². The maximum Gasteiger partial charge on any atom is 0.273 e. The Morgan fingerprint density at radius 2 is 1.86 bits per heavy atom. The van der Waals surface area contributed by atoms with Crippen molar-refractivity contribution < 1.29 is 24.2 Å². The zero-order valence-electron chi connectivity index (χ0n) is 19.6. The lowest BCUT2D eigenvalue weighted by Gasteiger charge is -2.32. The fraction of sp³-hybridized carbons (Fsp3) is 0.250. The van der Waals surface area contributed by atoms with Gasteiger partial charge in [-0.2, -0.15) is 4.37 Å². The van der Waals surface area contributed by atoms with Gasteiger partial charge in [0.2, 0.25) is 5.91 Å². The summed E-state index contributed by atoms with van der Waals surface area (Å²) in [5.41, 5.74) is 13.7. The van der Waals surface area contributed by atoms with Gasteiger partial charge < -0.3 is 26.6 Å². The lowest BCUT2D eigenvalue weighted by molar-refractivity contribution is -0.122. The molecule has 3 aromatic rings. The van der Waals surface area contributed by atoms with Crippen molar-refractivity contribution in [1.29, 1.82) is 0 Å². The standard InChI is InChI=1S/C24H27N5O5S/c1-13-5-4-6-17(14(13)2)29(24(33)21-18(25)19(22(26)31)28-35-21)20(23(32)27-11-12-34-3)15-7-9-16(30)10-8-15/h4-10,20,30H,11-12,25H2,1-3H3,(H2,26,31)(H,27,32). The highest BCUT2D eigenvalue weighted by molar-refractivity contribution is 7.09. The second-order valence-electron chi connectivity index (χ2n) is 7.81. The number of phenols is 1. The molecule has 11 heteroatoms. The summed E-state index contributed by atoms with van der Waals surface area (Å²) in [6.45, 7) is 4.22. The van der Waals surface area contributed by atoms with E-state index in [1.165, 1.54) is 24.1 Å². The number of hydrogen-bond acceptors (Lipinski definition) is 8. The molecule has 0 aliphatic rings. The normalized spacial score (nSPS) is 11.6. The number of nitrogens with zero attached hydrogens (tertiary/aromatic N) is 2. The number of nitrogens with one attached hydrogen (secondary N) is 1. The molecule has 3 rings (SSSR count). The van der Waals surface area contributed by atoms with E-state index < -0.39 is 23.8 Å². The molecule has 1 atom stereocenters.